The van der Waals surface area contributed by atoms with E-state index >= 15 is 0 Å². The van der Waals surface area contributed by atoms with Gasteiger partial charge in [-0.15, -0.1) is 0 Å². The average Bonchev–Trinajstić information content (AvgIpc) is 2.80. The van der Waals surface area contributed by atoms with Crippen molar-refractivity contribution in [2.45, 2.75) is 37.9 Å². The third-order valence-electron chi connectivity index (χ3n) is 3.59. The predicted octanol–water partition coefficient (Wildman–Crippen LogP) is 2.33. The van der Waals surface area contributed by atoms with Crippen LogP contribution in [0, 0.1) is 0 Å². The first kappa shape index (κ1) is 14.1. The molecule has 2 heterocycles. The second kappa shape index (κ2) is 5.16. The fourth-order valence-corrected chi connectivity index (χ4v) is 2.69. The minimum Gasteiger partial charge on any atom is -0.463 e. The lowest BCUT2D eigenvalue weighted by Gasteiger charge is -2.30. The highest BCUT2D eigenvalue weighted by Gasteiger charge is 2.49. The summed E-state index contributed by atoms with van der Waals surface area (Å²) in [5.74, 6) is -1.22. The fourth-order valence-electron chi connectivity index (χ4n) is 2.69. The molecule has 0 aromatic heterocycles. The van der Waals surface area contributed by atoms with E-state index in [2.05, 4.69) is 0 Å². The van der Waals surface area contributed by atoms with Crippen molar-refractivity contribution in [3.05, 3.63) is 47.7 Å². The Hall–Kier alpha value is -1.85. The van der Waals surface area contributed by atoms with Crippen LogP contribution >= 0.6 is 0 Å². The van der Waals surface area contributed by atoms with Gasteiger partial charge in [0.05, 0.1) is 7.11 Å². The van der Waals surface area contributed by atoms with E-state index in [0.29, 0.717) is 0 Å². The third kappa shape index (κ3) is 2.66. The van der Waals surface area contributed by atoms with Crippen molar-refractivity contribution < 1.29 is 23.7 Å². The van der Waals surface area contributed by atoms with Gasteiger partial charge in [0, 0.05) is 5.92 Å². The summed E-state index contributed by atoms with van der Waals surface area (Å²) in [6.45, 7) is 3.66. The zero-order valence-electron chi connectivity index (χ0n) is 12.2. The molecule has 1 aromatic carbocycles. The minimum atomic E-state index is -0.748. The van der Waals surface area contributed by atoms with Crippen molar-refractivity contribution in [1.82, 2.24) is 0 Å². The molecule has 0 bridgehead atoms. The van der Waals surface area contributed by atoms with E-state index in [1.165, 1.54) is 7.11 Å². The number of esters is 1. The summed E-state index contributed by atoms with van der Waals surface area (Å²) in [7, 11) is 1.33. The Bertz CT molecular complexity index is 563. The molecule has 1 saturated heterocycles. The molecule has 2 aliphatic heterocycles. The number of carbonyl (C=O) groups is 1. The van der Waals surface area contributed by atoms with E-state index in [0.717, 1.165) is 5.56 Å². The fraction of sp³-hybridized carbons (Fsp3) is 0.438. The molecule has 3 rings (SSSR count). The van der Waals surface area contributed by atoms with Crippen molar-refractivity contribution >= 4 is 5.97 Å². The van der Waals surface area contributed by atoms with Crippen LogP contribution in [0.5, 0.6) is 0 Å². The van der Waals surface area contributed by atoms with Crippen molar-refractivity contribution in [2.75, 3.05) is 7.11 Å². The lowest BCUT2D eigenvalue weighted by atomic mass is 9.90. The van der Waals surface area contributed by atoms with Crippen LogP contribution in [-0.4, -0.2) is 31.3 Å². The molecular formula is C16H18O5. The molecule has 0 unspecified atom stereocenters. The second-order valence-electron chi connectivity index (χ2n) is 5.55. The summed E-state index contributed by atoms with van der Waals surface area (Å²) in [4.78, 5) is 11.8. The minimum absolute atomic E-state index is 0.124. The van der Waals surface area contributed by atoms with Crippen molar-refractivity contribution in [3.8, 4) is 0 Å². The molecule has 5 heteroatoms. The largest absolute Gasteiger partial charge is 0.463 e. The monoisotopic (exact) mass is 290 g/mol. The van der Waals surface area contributed by atoms with Gasteiger partial charge in [-0.05, 0) is 25.5 Å². The molecule has 0 spiro atoms. The number of rotatable bonds is 2. The molecule has 0 radical (unpaired) electrons. The Morgan fingerprint density at radius 3 is 2.57 bits per heavy atom. The number of hydrogen-bond acceptors (Lipinski definition) is 5. The predicted molar refractivity (Wildman–Crippen MR) is 74.2 cm³/mol. The van der Waals surface area contributed by atoms with E-state index in [1.54, 1.807) is 6.08 Å². The Kier molecular flexibility index (Phi) is 3.47. The molecule has 0 N–H and O–H groups in total. The molecule has 5 nitrogen and oxygen atoms in total. The van der Waals surface area contributed by atoms with Crippen LogP contribution in [0.3, 0.4) is 0 Å². The molecule has 1 fully saturated rings. The molecule has 0 saturated carbocycles. The molecule has 0 aliphatic carbocycles. The van der Waals surface area contributed by atoms with Crippen LogP contribution in [0.4, 0.5) is 0 Å². The number of ether oxygens (including phenoxy) is 4. The maximum atomic E-state index is 11.8. The first-order valence-electron chi connectivity index (χ1n) is 6.87. The Morgan fingerprint density at radius 2 is 1.90 bits per heavy atom. The molecule has 112 valence electrons. The van der Waals surface area contributed by atoms with Crippen LogP contribution in [0.2, 0.25) is 0 Å². The topological polar surface area (TPSA) is 54.0 Å². The van der Waals surface area contributed by atoms with Gasteiger partial charge >= 0.3 is 5.97 Å². The van der Waals surface area contributed by atoms with Gasteiger partial charge in [0.2, 0.25) is 12.0 Å². The first-order chi connectivity index (χ1) is 10.00. The lowest BCUT2D eigenvalue weighted by molar-refractivity contribution is -0.184. The van der Waals surface area contributed by atoms with Gasteiger partial charge in [-0.1, -0.05) is 30.3 Å². The SMILES string of the molecule is COC(=O)C1=C[C@H](c2ccccc2)[C@@H]2OC(C)(C)O[C@@H]2O1. The van der Waals surface area contributed by atoms with Gasteiger partial charge in [0.25, 0.3) is 0 Å². The van der Waals surface area contributed by atoms with Crippen molar-refractivity contribution in [3.63, 3.8) is 0 Å². The van der Waals surface area contributed by atoms with Crippen molar-refractivity contribution in [1.29, 1.82) is 0 Å². The second-order valence-corrected chi connectivity index (χ2v) is 5.55. The molecule has 0 amide bonds. The number of carbonyl (C=O) groups excluding carboxylic acids is 1. The first-order valence-corrected chi connectivity index (χ1v) is 6.87. The smallest absolute Gasteiger partial charge is 0.373 e. The van der Waals surface area contributed by atoms with Gasteiger partial charge in [0.1, 0.15) is 6.10 Å². The highest BCUT2D eigenvalue weighted by atomic mass is 16.8. The van der Waals surface area contributed by atoms with E-state index in [9.17, 15) is 4.79 Å². The van der Waals surface area contributed by atoms with Gasteiger partial charge < -0.3 is 18.9 Å². The molecular weight excluding hydrogens is 272 g/mol. The summed E-state index contributed by atoms with van der Waals surface area (Å²) < 4.78 is 22.0. The van der Waals surface area contributed by atoms with Crippen LogP contribution in [0.25, 0.3) is 0 Å². The van der Waals surface area contributed by atoms with Gasteiger partial charge in [-0.2, -0.15) is 0 Å². The summed E-state index contributed by atoms with van der Waals surface area (Å²) in [6, 6.07) is 9.83. The Labute approximate surface area is 123 Å². The van der Waals surface area contributed by atoms with E-state index < -0.39 is 18.0 Å². The zero-order valence-corrected chi connectivity index (χ0v) is 12.2. The molecule has 1 aromatic rings. The van der Waals surface area contributed by atoms with E-state index in [4.69, 9.17) is 18.9 Å². The summed E-state index contributed by atoms with van der Waals surface area (Å²) >= 11 is 0. The molecule has 21 heavy (non-hydrogen) atoms. The Morgan fingerprint density at radius 1 is 1.19 bits per heavy atom. The van der Waals surface area contributed by atoms with Crippen LogP contribution < -0.4 is 0 Å². The molecule has 2 aliphatic rings. The van der Waals surface area contributed by atoms with Gasteiger partial charge in [0.15, 0.2) is 5.79 Å². The highest BCUT2D eigenvalue weighted by molar-refractivity contribution is 5.86. The third-order valence-corrected chi connectivity index (χ3v) is 3.59. The maximum Gasteiger partial charge on any atom is 0.373 e. The van der Waals surface area contributed by atoms with Crippen LogP contribution in [-0.2, 0) is 23.7 Å². The van der Waals surface area contributed by atoms with Gasteiger partial charge in [-0.25, -0.2) is 4.79 Å². The van der Waals surface area contributed by atoms with Gasteiger partial charge in [-0.3, -0.25) is 0 Å². The standard InChI is InChI=1S/C16H18O5/c1-16(2)20-13-11(10-7-5-4-6-8-10)9-12(14(17)18-3)19-15(13)21-16/h4-9,11,13,15H,1-3H3/t11-,13+,15+/m1/s1. The zero-order chi connectivity index (χ0) is 15.0. The van der Waals surface area contributed by atoms with E-state index in [-0.39, 0.29) is 17.8 Å². The van der Waals surface area contributed by atoms with E-state index in [1.807, 2.05) is 44.2 Å². The molecule has 3 atom stereocenters. The van der Waals surface area contributed by atoms with Crippen LogP contribution in [0.1, 0.15) is 25.3 Å². The Balaban J connectivity index is 1.98. The quantitative estimate of drug-likeness (QED) is 0.782. The summed E-state index contributed by atoms with van der Waals surface area (Å²) in [6.07, 6.45) is 0.827. The number of benzene rings is 1. The number of methoxy groups -OCH3 is 1. The summed E-state index contributed by atoms with van der Waals surface area (Å²) in [5.41, 5.74) is 1.04. The van der Waals surface area contributed by atoms with Crippen LogP contribution in [0.15, 0.2) is 42.2 Å². The normalized spacial score (nSPS) is 30.0. The highest BCUT2D eigenvalue weighted by Crippen LogP contribution is 2.42. The summed E-state index contributed by atoms with van der Waals surface area (Å²) in [5, 5.41) is 0. The number of hydrogen-bond donors (Lipinski definition) is 0. The lowest BCUT2D eigenvalue weighted by Crippen LogP contribution is -2.36. The average molecular weight is 290 g/mol. The maximum absolute atomic E-state index is 11.8. The number of fused-ring (bicyclic) bond motifs is 1. The van der Waals surface area contributed by atoms with Crippen molar-refractivity contribution in [2.24, 2.45) is 0 Å².